The van der Waals surface area contributed by atoms with Gasteiger partial charge in [0, 0.05) is 13.1 Å². The van der Waals surface area contributed by atoms with Crippen LogP contribution in [0.4, 0.5) is 9.18 Å². The van der Waals surface area contributed by atoms with E-state index in [1.807, 2.05) is 51.1 Å². The summed E-state index contributed by atoms with van der Waals surface area (Å²) in [6, 6.07) is 14.1. The maximum Gasteiger partial charge on any atom is 0.315 e. The van der Waals surface area contributed by atoms with Crippen molar-refractivity contribution in [2.24, 2.45) is 0 Å². The average Bonchev–Trinajstić information content (AvgIpc) is 2.58. The fourth-order valence-electron chi connectivity index (χ4n) is 2.39. The lowest BCUT2D eigenvalue weighted by atomic mass is 10.1. The van der Waals surface area contributed by atoms with E-state index in [2.05, 4.69) is 10.6 Å². The number of benzene rings is 2. The predicted octanol–water partition coefficient (Wildman–Crippen LogP) is 4.18. The van der Waals surface area contributed by atoms with Gasteiger partial charge in [-0.05, 0) is 56.0 Å². The second-order valence-electron chi connectivity index (χ2n) is 7.21. The van der Waals surface area contributed by atoms with E-state index in [0.717, 1.165) is 16.7 Å². The second kappa shape index (κ2) is 9.34. The van der Waals surface area contributed by atoms with E-state index in [1.165, 1.54) is 12.1 Å². The number of rotatable bonds is 7. The van der Waals surface area contributed by atoms with E-state index < -0.39 is 0 Å². The Labute approximate surface area is 154 Å². The Morgan fingerprint density at radius 3 is 2.42 bits per heavy atom. The summed E-state index contributed by atoms with van der Waals surface area (Å²) in [6.07, 6.45) is 0.588. The van der Waals surface area contributed by atoms with Crippen molar-refractivity contribution < 1.29 is 13.9 Å². The van der Waals surface area contributed by atoms with Crippen LogP contribution < -0.4 is 10.6 Å². The topological polar surface area (TPSA) is 50.4 Å². The third-order valence-electron chi connectivity index (χ3n) is 3.70. The molecule has 0 atom stereocenters. The minimum atomic E-state index is -0.262. The van der Waals surface area contributed by atoms with Gasteiger partial charge in [-0.2, -0.15) is 0 Å². The van der Waals surface area contributed by atoms with Gasteiger partial charge in [0.25, 0.3) is 0 Å². The van der Waals surface area contributed by atoms with Crippen molar-refractivity contribution >= 4 is 6.03 Å². The maximum atomic E-state index is 13.1. The van der Waals surface area contributed by atoms with Gasteiger partial charge in [-0.1, -0.05) is 36.4 Å². The lowest BCUT2D eigenvalue weighted by Crippen LogP contribution is -2.36. The van der Waals surface area contributed by atoms with Crippen LogP contribution in [-0.4, -0.2) is 18.2 Å². The van der Waals surface area contributed by atoms with Gasteiger partial charge < -0.3 is 15.4 Å². The molecule has 0 bridgehead atoms. The Balaban J connectivity index is 1.73. The minimum Gasteiger partial charge on any atom is -0.371 e. The standard InChI is InChI=1S/C21H27FN2O2/c1-21(2,3)26-15-18-8-4-7-17(12-18)14-24-20(25)23-11-10-16-6-5-9-19(22)13-16/h4-9,12-13H,10-11,14-15H2,1-3H3,(H2,23,24,25). The molecule has 0 heterocycles. The summed E-state index contributed by atoms with van der Waals surface area (Å²) >= 11 is 0. The van der Waals surface area contributed by atoms with E-state index in [9.17, 15) is 9.18 Å². The molecule has 0 unspecified atom stereocenters. The molecular formula is C21H27FN2O2. The summed E-state index contributed by atoms with van der Waals surface area (Å²) in [6.45, 7) is 7.49. The zero-order chi connectivity index (χ0) is 19.0. The van der Waals surface area contributed by atoms with Crippen LogP contribution in [-0.2, 0) is 24.3 Å². The molecule has 5 heteroatoms. The van der Waals surface area contributed by atoms with E-state index in [-0.39, 0.29) is 17.4 Å². The first-order valence-corrected chi connectivity index (χ1v) is 8.80. The molecule has 0 aliphatic rings. The number of carbonyl (C=O) groups is 1. The van der Waals surface area contributed by atoms with Crippen LogP contribution in [0.15, 0.2) is 48.5 Å². The zero-order valence-corrected chi connectivity index (χ0v) is 15.6. The van der Waals surface area contributed by atoms with E-state index in [4.69, 9.17) is 4.74 Å². The van der Waals surface area contributed by atoms with Gasteiger partial charge in [-0.25, -0.2) is 9.18 Å². The highest BCUT2D eigenvalue weighted by Gasteiger charge is 2.10. The van der Waals surface area contributed by atoms with Gasteiger partial charge in [-0.3, -0.25) is 0 Å². The fraction of sp³-hybridized carbons (Fsp3) is 0.381. The first kappa shape index (κ1) is 19.9. The molecule has 0 saturated carbocycles. The molecule has 2 aromatic rings. The molecule has 2 amide bonds. The van der Waals surface area contributed by atoms with Gasteiger partial charge in [0.15, 0.2) is 0 Å². The third kappa shape index (κ3) is 7.66. The van der Waals surface area contributed by atoms with Crippen LogP contribution in [0.25, 0.3) is 0 Å². The van der Waals surface area contributed by atoms with Gasteiger partial charge in [-0.15, -0.1) is 0 Å². The molecule has 0 aliphatic carbocycles. The number of amides is 2. The molecule has 0 spiro atoms. The van der Waals surface area contributed by atoms with Crippen molar-refractivity contribution in [1.82, 2.24) is 10.6 Å². The van der Waals surface area contributed by atoms with Crippen LogP contribution in [0, 0.1) is 5.82 Å². The quantitative estimate of drug-likeness (QED) is 0.780. The average molecular weight is 358 g/mol. The van der Waals surface area contributed by atoms with Crippen molar-refractivity contribution in [2.75, 3.05) is 6.54 Å². The number of hydrogen-bond acceptors (Lipinski definition) is 2. The number of ether oxygens (including phenoxy) is 1. The largest absolute Gasteiger partial charge is 0.371 e. The Bertz CT molecular complexity index is 726. The SMILES string of the molecule is CC(C)(C)OCc1cccc(CNC(=O)NCCc2cccc(F)c2)c1. The van der Waals surface area contributed by atoms with Crippen LogP contribution in [0.5, 0.6) is 0 Å². The normalized spacial score (nSPS) is 11.2. The van der Waals surface area contributed by atoms with Crippen LogP contribution in [0.1, 0.15) is 37.5 Å². The van der Waals surface area contributed by atoms with E-state index in [0.29, 0.717) is 26.1 Å². The highest BCUT2D eigenvalue weighted by Crippen LogP contribution is 2.13. The smallest absolute Gasteiger partial charge is 0.315 e. The Morgan fingerprint density at radius 1 is 1.00 bits per heavy atom. The first-order chi connectivity index (χ1) is 12.3. The first-order valence-electron chi connectivity index (χ1n) is 8.80. The molecule has 2 aromatic carbocycles. The number of nitrogens with one attached hydrogen (secondary N) is 2. The zero-order valence-electron chi connectivity index (χ0n) is 15.6. The Hall–Kier alpha value is -2.40. The third-order valence-corrected chi connectivity index (χ3v) is 3.70. The summed E-state index contributed by atoms with van der Waals surface area (Å²) in [5, 5.41) is 5.61. The molecule has 26 heavy (non-hydrogen) atoms. The minimum absolute atomic E-state index is 0.185. The van der Waals surface area contributed by atoms with Gasteiger partial charge in [0.05, 0.1) is 12.2 Å². The van der Waals surface area contributed by atoms with Crippen molar-refractivity contribution in [3.05, 3.63) is 71.0 Å². The van der Waals surface area contributed by atoms with E-state index >= 15 is 0 Å². The summed E-state index contributed by atoms with van der Waals surface area (Å²) in [5.41, 5.74) is 2.76. The van der Waals surface area contributed by atoms with Crippen LogP contribution in [0.2, 0.25) is 0 Å². The predicted molar refractivity (Wildman–Crippen MR) is 101 cm³/mol. The van der Waals surface area contributed by atoms with Gasteiger partial charge in [0.1, 0.15) is 5.82 Å². The summed E-state index contributed by atoms with van der Waals surface area (Å²) in [7, 11) is 0. The van der Waals surface area contributed by atoms with Gasteiger partial charge >= 0.3 is 6.03 Å². The van der Waals surface area contributed by atoms with Crippen molar-refractivity contribution in [1.29, 1.82) is 0 Å². The van der Waals surface area contributed by atoms with Crippen molar-refractivity contribution in [2.45, 2.75) is 45.9 Å². The number of halogens is 1. The number of carbonyl (C=O) groups excluding carboxylic acids is 1. The van der Waals surface area contributed by atoms with Crippen molar-refractivity contribution in [3.8, 4) is 0 Å². The molecular weight excluding hydrogens is 331 g/mol. The molecule has 2 rings (SSSR count). The second-order valence-corrected chi connectivity index (χ2v) is 7.21. The number of hydrogen-bond donors (Lipinski definition) is 2. The molecule has 0 radical (unpaired) electrons. The molecule has 4 nitrogen and oxygen atoms in total. The maximum absolute atomic E-state index is 13.1. The Morgan fingerprint density at radius 2 is 1.69 bits per heavy atom. The lowest BCUT2D eigenvalue weighted by molar-refractivity contribution is -0.0149. The van der Waals surface area contributed by atoms with Gasteiger partial charge in [0.2, 0.25) is 0 Å². The molecule has 0 saturated heterocycles. The summed E-state index contributed by atoms with van der Waals surface area (Å²) in [5.74, 6) is -0.262. The summed E-state index contributed by atoms with van der Waals surface area (Å²) < 4.78 is 18.9. The highest BCUT2D eigenvalue weighted by molar-refractivity contribution is 5.73. The Kier molecular flexibility index (Phi) is 7.16. The van der Waals surface area contributed by atoms with E-state index in [1.54, 1.807) is 6.07 Å². The molecule has 2 N–H and O–H groups in total. The van der Waals surface area contributed by atoms with Crippen LogP contribution in [0.3, 0.4) is 0 Å². The molecule has 0 fully saturated rings. The molecule has 140 valence electrons. The highest BCUT2D eigenvalue weighted by atomic mass is 19.1. The lowest BCUT2D eigenvalue weighted by Gasteiger charge is -2.19. The monoisotopic (exact) mass is 358 g/mol. The summed E-state index contributed by atoms with van der Waals surface area (Å²) in [4.78, 5) is 11.9. The number of urea groups is 1. The fourth-order valence-corrected chi connectivity index (χ4v) is 2.39. The van der Waals surface area contributed by atoms with Crippen molar-refractivity contribution in [3.63, 3.8) is 0 Å². The molecule has 0 aliphatic heterocycles. The van der Waals surface area contributed by atoms with Crippen LogP contribution >= 0.6 is 0 Å². The molecule has 0 aromatic heterocycles.